The molecule has 1 atom stereocenters. The van der Waals surface area contributed by atoms with E-state index in [4.69, 9.17) is 23.2 Å². The first-order valence-electron chi connectivity index (χ1n) is 9.90. The lowest BCUT2D eigenvalue weighted by atomic mass is 10.1. The van der Waals surface area contributed by atoms with E-state index in [-0.39, 0.29) is 5.91 Å². The third-order valence-electron chi connectivity index (χ3n) is 5.08. The van der Waals surface area contributed by atoms with Crippen LogP contribution in [-0.4, -0.2) is 61.7 Å². The van der Waals surface area contributed by atoms with Crippen molar-refractivity contribution in [2.75, 3.05) is 27.2 Å². The molecular weight excluding hydrogens is 469 g/mol. The van der Waals surface area contributed by atoms with E-state index in [0.717, 1.165) is 5.57 Å². The normalized spacial score (nSPS) is 15.3. The highest BCUT2D eigenvalue weighted by Gasteiger charge is 2.22. The molecule has 1 unspecified atom stereocenters. The third-order valence-corrected chi connectivity index (χ3v) is 7.37. The molecule has 0 saturated carbocycles. The first-order chi connectivity index (χ1) is 15.3. The minimum atomic E-state index is -1.32. The molecule has 0 saturated heterocycles. The van der Waals surface area contributed by atoms with Crippen molar-refractivity contribution in [2.45, 2.75) is 11.3 Å². The Balaban J connectivity index is 1.49. The van der Waals surface area contributed by atoms with Crippen LogP contribution in [0.5, 0.6) is 0 Å². The highest BCUT2D eigenvalue weighted by Crippen LogP contribution is 2.28. The average Bonchev–Trinajstić information content (AvgIpc) is 3.29. The zero-order valence-corrected chi connectivity index (χ0v) is 19.8. The number of hydrogen-bond donors (Lipinski definition) is 1. The molecule has 0 bridgehead atoms. The van der Waals surface area contributed by atoms with Crippen molar-refractivity contribution < 1.29 is 9.00 Å². The zero-order valence-electron chi connectivity index (χ0n) is 17.5. The summed E-state index contributed by atoms with van der Waals surface area (Å²) in [5.74, 6) is 0.991. The molecule has 0 fully saturated rings. The second-order valence-corrected chi connectivity index (χ2v) is 9.72. The van der Waals surface area contributed by atoms with Gasteiger partial charge in [0.05, 0.1) is 20.5 Å². The molecule has 2 heterocycles. The first-order valence-corrected chi connectivity index (χ1v) is 11.8. The largest absolute Gasteiger partial charge is 0.345 e. The van der Waals surface area contributed by atoms with Crippen LogP contribution < -0.4 is 0 Å². The van der Waals surface area contributed by atoms with Crippen LogP contribution in [0.1, 0.15) is 22.6 Å². The summed E-state index contributed by atoms with van der Waals surface area (Å²) >= 11 is 12.5. The number of rotatable bonds is 5. The van der Waals surface area contributed by atoms with Crippen molar-refractivity contribution in [3.8, 4) is 11.4 Å². The Hall–Kier alpha value is -2.52. The Labute approximate surface area is 198 Å². The monoisotopic (exact) mass is 489 g/mol. The summed E-state index contributed by atoms with van der Waals surface area (Å²) in [5.41, 5.74) is 2.14. The maximum atomic E-state index is 12.9. The van der Waals surface area contributed by atoms with Gasteiger partial charge in [0.25, 0.3) is 5.91 Å². The minimum absolute atomic E-state index is 0.164. The fraction of sp³-hybridized carbons (Fsp3) is 0.227. The van der Waals surface area contributed by atoms with Gasteiger partial charge in [0.15, 0.2) is 11.6 Å². The molecule has 7 nitrogen and oxygen atoms in total. The van der Waals surface area contributed by atoms with Crippen molar-refractivity contribution in [1.29, 1.82) is 0 Å². The van der Waals surface area contributed by atoms with Gasteiger partial charge < -0.3 is 4.90 Å². The van der Waals surface area contributed by atoms with Gasteiger partial charge in [0.1, 0.15) is 11.0 Å². The predicted octanol–water partition coefficient (Wildman–Crippen LogP) is 4.29. The lowest BCUT2D eigenvalue weighted by Crippen LogP contribution is -2.30. The van der Waals surface area contributed by atoms with E-state index in [0.29, 0.717) is 57.2 Å². The molecule has 1 amide bonds. The molecular formula is C22H21Cl2N5O2S. The van der Waals surface area contributed by atoms with E-state index in [1.54, 1.807) is 44.4 Å². The lowest BCUT2D eigenvalue weighted by molar-refractivity contribution is 0.0828. The highest BCUT2D eigenvalue weighted by molar-refractivity contribution is 7.82. The summed E-state index contributed by atoms with van der Waals surface area (Å²) in [4.78, 5) is 18.9. The summed E-state index contributed by atoms with van der Waals surface area (Å²) in [6.45, 7) is 1.11. The molecule has 10 heteroatoms. The quantitative estimate of drug-likeness (QED) is 0.579. The first kappa shape index (κ1) is 22.7. The summed E-state index contributed by atoms with van der Waals surface area (Å²) in [6.07, 6.45) is 2.66. The predicted molar refractivity (Wildman–Crippen MR) is 127 cm³/mol. The number of aromatic amines is 1. The van der Waals surface area contributed by atoms with E-state index in [2.05, 4.69) is 15.2 Å². The van der Waals surface area contributed by atoms with Gasteiger partial charge in [0, 0.05) is 32.7 Å². The maximum absolute atomic E-state index is 12.9. The molecule has 0 aliphatic carbocycles. The van der Waals surface area contributed by atoms with Gasteiger partial charge in [-0.3, -0.25) is 9.89 Å². The molecule has 1 aliphatic rings. The van der Waals surface area contributed by atoms with Gasteiger partial charge >= 0.3 is 0 Å². The van der Waals surface area contributed by atoms with Crippen LogP contribution in [0.2, 0.25) is 10.0 Å². The van der Waals surface area contributed by atoms with Crippen LogP contribution >= 0.6 is 23.2 Å². The molecule has 4 rings (SSSR count). The number of benzene rings is 2. The van der Waals surface area contributed by atoms with Gasteiger partial charge in [0.2, 0.25) is 0 Å². The maximum Gasteiger partial charge on any atom is 0.254 e. The van der Waals surface area contributed by atoms with Crippen LogP contribution in [0.25, 0.3) is 17.0 Å². The Morgan fingerprint density at radius 3 is 2.59 bits per heavy atom. The number of amides is 1. The highest BCUT2D eigenvalue weighted by atomic mass is 35.5. The number of nitrogens with zero attached hydrogens (tertiary/aromatic N) is 4. The Morgan fingerprint density at radius 1 is 1.16 bits per heavy atom. The number of nitrogens with one attached hydrogen (secondary N) is 1. The van der Waals surface area contributed by atoms with Crippen LogP contribution in [-0.2, 0) is 11.0 Å². The molecule has 1 aliphatic heterocycles. The second kappa shape index (κ2) is 9.54. The molecule has 166 valence electrons. The Morgan fingerprint density at radius 2 is 1.94 bits per heavy atom. The number of aromatic nitrogens is 3. The second-order valence-electron chi connectivity index (χ2n) is 7.45. The van der Waals surface area contributed by atoms with E-state index < -0.39 is 11.0 Å². The van der Waals surface area contributed by atoms with Crippen molar-refractivity contribution in [3.63, 3.8) is 0 Å². The van der Waals surface area contributed by atoms with E-state index in [1.165, 1.54) is 4.90 Å². The standard InChI is InChI=1S/C22H21Cl2N5O2S/c1-28(2)22(30)16-8-7-15(13-18(16)24)21-25-20(26-27-21)14-9-11-29(12-10-14)32(31)19-6-4-3-5-17(19)23/h3-9,13H,10-12H2,1-2H3,(H,25,26,27). The van der Waals surface area contributed by atoms with Crippen LogP contribution in [0.4, 0.5) is 0 Å². The van der Waals surface area contributed by atoms with Crippen molar-refractivity contribution in [3.05, 3.63) is 70.0 Å². The van der Waals surface area contributed by atoms with E-state index >= 15 is 0 Å². The topological polar surface area (TPSA) is 82.2 Å². The SMILES string of the molecule is CN(C)C(=O)c1ccc(-c2n[nH]c(C3=CCN(S(=O)c4ccccc4Cl)CC3)n2)cc1Cl. The number of carbonyl (C=O) groups excluding carboxylic acids is 1. The zero-order chi connectivity index (χ0) is 22.8. The summed E-state index contributed by atoms with van der Waals surface area (Å²) in [7, 11) is 2.03. The molecule has 2 aromatic carbocycles. The molecule has 3 aromatic rings. The van der Waals surface area contributed by atoms with Gasteiger partial charge in [-0.1, -0.05) is 47.5 Å². The van der Waals surface area contributed by atoms with Crippen LogP contribution in [0.3, 0.4) is 0 Å². The van der Waals surface area contributed by atoms with Gasteiger partial charge in [-0.05, 0) is 36.3 Å². The van der Waals surface area contributed by atoms with Crippen LogP contribution in [0.15, 0.2) is 53.4 Å². The molecule has 32 heavy (non-hydrogen) atoms. The minimum Gasteiger partial charge on any atom is -0.345 e. The molecule has 0 radical (unpaired) electrons. The Kier molecular flexibility index (Phi) is 6.76. The summed E-state index contributed by atoms with van der Waals surface area (Å²) in [6, 6.07) is 12.3. The summed E-state index contributed by atoms with van der Waals surface area (Å²) in [5, 5.41) is 8.12. The fourth-order valence-corrected chi connectivity index (χ4v) is 5.11. The molecule has 1 aromatic heterocycles. The van der Waals surface area contributed by atoms with Gasteiger partial charge in [-0.25, -0.2) is 13.5 Å². The number of halogens is 2. The van der Waals surface area contributed by atoms with Crippen LogP contribution in [0, 0.1) is 0 Å². The number of hydrogen-bond acceptors (Lipinski definition) is 4. The third kappa shape index (κ3) is 4.63. The van der Waals surface area contributed by atoms with Crippen molar-refractivity contribution in [1.82, 2.24) is 24.4 Å². The van der Waals surface area contributed by atoms with E-state index in [9.17, 15) is 9.00 Å². The smallest absolute Gasteiger partial charge is 0.254 e. The lowest BCUT2D eigenvalue weighted by Gasteiger charge is -2.24. The van der Waals surface area contributed by atoms with Crippen molar-refractivity contribution in [2.24, 2.45) is 0 Å². The Bertz CT molecular complexity index is 1220. The summed E-state index contributed by atoms with van der Waals surface area (Å²) < 4.78 is 14.7. The van der Waals surface area contributed by atoms with Gasteiger partial charge in [-0.15, -0.1) is 0 Å². The fourth-order valence-electron chi connectivity index (χ4n) is 3.34. The number of carbonyl (C=O) groups is 1. The molecule has 1 N–H and O–H groups in total. The number of H-pyrrole nitrogens is 1. The van der Waals surface area contributed by atoms with Gasteiger partial charge in [-0.2, -0.15) is 5.10 Å². The molecule has 0 spiro atoms. The van der Waals surface area contributed by atoms with E-state index in [1.807, 2.05) is 22.5 Å². The average molecular weight is 490 g/mol. The van der Waals surface area contributed by atoms with Crippen molar-refractivity contribution >= 4 is 45.7 Å².